The molecule has 1 atom stereocenters. The lowest BCUT2D eigenvalue weighted by Gasteiger charge is -2.25. The van der Waals surface area contributed by atoms with Crippen molar-refractivity contribution >= 4 is 23.8 Å². The molecule has 2 N–H and O–H groups in total. The van der Waals surface area contributed by atoms with Crippen LogP contribution in [0.25, 0.3) is 0 Å². The van der Waals surface area contributed by atoms with Crippen molar-refractivity contribution in [3.05, 3.63) is 0 Å². The van der Waals surface area contributed by atoms with Gasteiger partial charge in [-0.2, -0.15) is 24.9 Å². The maximum absolute atomic E-state index is 12.3. The summed E-state index contributed by atoms with van der Waals surface area (Å²) in [5.74, 6) is -0.763. The highest BCUT2D eigenvalue weighted by molar-refractivity contribution is 7.98. The normalized spacial score (nSPS) is 12.8. The number of carbonyl (C=O) groups is 2. The third-order valence-corrected chi connectivity index (χ3v) is 3.00. The van der Waals surface area contributed by atoms with Crippen LogP contribution in [0.2, 0.25) is 0 Å². The van der Waals surface area contributed by atoms with E-state index >= 15 is 0 Å². The number of hydrogen-bond donors (Lipinski definition) is 2. The van der Waals surface area contributed by atoms with Gasteiger partial charge in [-0.1, -0.05) is 6.92 Å². The van der Waals surface area contributed by atoms with Gasteiger partial charge in [-0.05, 0) is 24.9 Å². The summed E-state index contributed by atoms with van der Waals surface area (Å²) in [6, 6.07) is -2.18. The number of carboxylic acids is 1. The Balaban J connectivity index is 4.66. The van der Waals surface area contributed by atoms with E-state index in [0.717, 1.165) is 0 Å². The molecule has 0 bridgehead atoms. The lowest BCUT2D eigenvalue weighted by molar-refractivity contribution is -0.141. The molecular weight excluding hydrogens is 297 g/mol. The molecule has 2 amide bonds. The standard InChI is InChI=1S/C11H19F3N2O3S/c1-3-5-16(7-11(12,13)14)10(19)15-8(9(17)18)4-6-20-2/h8H,3-7H2,1-2H3,(H,15,19)(H,17,18). The minimum atomic E-state index is -4.51. The van der Waals surface area contributed by atoms with Gasteiger partial charge in [0.1, 0.15) is 12.6 Å². The van der Waals surface area contributed by atoms with E-state index in [1.165, 1.54) is 11.8 Å². The highest BCUT2D eigenvalue weighted by Gasteiger charge is 2.33. The number of carboxylic acid groups (broad SMARTS) is 1. The average Bonchev–Trinajstić information content (AvgIpc) is 2.31. The fourth-order valence-electron chi connectivity index (χ4n) is 1.47. The third kappa shape index (κ3) is 8.13. The van der Waals surface area contributed by atoms with E-state index in [2.05, 4.69) is 5.32 Å². The van der Waals surface area contributed by atoms with Gasteiger partial charge < -0.3 is 15.3 Å². The van der Waals surface area contributed by atoms with Crippen molar-refractivity contribution in [2.24, 2.45) is 0 Å². The van der Waals surface area contributed by atoms with E-state index in [4.69, 9.17) is 5.11 Å². The molecule has 0 aliphatic heterocycles. The predicted molar refractivity (Wildman–Crippen MR) is 70.9 cm³/mol. The maximum atomic E-state index is 12.3. The Bertz CT molecular complexity index is 327. The van der Waals surface area contributed by atoms with Crippen LogP contribution in [-0.2, 0) is 4.79 Å². The van der Waals surface area contributed by atoms with Crippen LogP contribution >= 0.6 is 11.8 Å². The molecule has 1 unspecified atom stereocenters. The van der Waals surface area contributed by atoms with Crippen molar-refractivity contribution in [1.29, 1.82) is 0 Å². The highest BCUT2D eigenvalue weighted by atomic mass is 32.2. The number of rotatable bonds is 8. The van der Waals surface area contributed by atoms with Crippen molar-refractivity contribution in [2.75, 3.05) is 25.1 Å². The molecule has 118 valence electrons. The molecule has 0 aliphatic carbocycles. The first kappa shape index (κ1) is 18.9. The van der Waals surface area contributed by atoms with E-state index in [0.29, 0.717) is 17.1 Å². The van der Waals surface area contributed by atoms with Crippen molar-refractivity contribution in [1.82, 2.24) is 10.2 Å². The predicted octanol–water partition coefficient (Wildman–Crippen LogP) is 2.18. The van der Waals surface area contributed by atoms with Crippen molar-refractivity contribution < 1.29 is 27.9 Å². The van der Waals surface area contributed by atoms with E-state index in [9.17, 15) is 22.8 Å². The van der Waals surface area contributed by atoms with Crippen molar-refractivity contribution in [3.8, 4) is 0 Å². The fourth-order valence-corrected chi connectivity index (χ4v) is 1.94. The molecule has 0 saturated carbocycles. The molecule has 9 heteroatoms. The first-order valence-corrected chi connectivity index (χ1v) is 7.44. The second-order valence-electron chi connectivity index (χ2n) is 4.16. The molecule has 0 radical (unpaired) electrons. The molecule has 0 heterocycles. The molecule has 0 aromatic rings. The number of thioether (sulfide) groups is 1. The van der Waals surface area contributed by atoms with Gasteiger partial charge in [-0.15, -0.1) is 0 Å². The minimum absolute atomic E-state index is 0.0831. The van der Waals surface area contributed by atoms with Gasteiger partial charge in [0.05, 0.1) is 0 Å². The van der Waals surface area contributed by atoms with Crippen LogP contribution in [0, 0.1) is 0 Å². The number of alkyl halides is 3. The summed E-state index contributed by atoms with van der Waals surface area (Å²) in [6.07, 6.45) is -2.22. The van der Waals surface area contributed by atoms with Crippen LogP contribution in [0.15, 0.2) is 0 Å². The Morgan fingerprint density at radius 2 is 2.00 bits per heavy atom. The Morgan fingerprint density at radius 3 is 2.40 bits per heavy atom. The molecule has 0 saturated heterocycles. The summed E-state index contributed by atoms with van der Waals surface area (Å²) >= 11 is 1.39. The molecule has 5 nitrogen and oxygen atoms in total. The molecular formula is C11H19F3N2O3S. The molecule has 0 spiro atoms. The first-order valence-electron chi connectivity index (χ1n) is 6.05. The van der Waals surface area contributed by atoms with Crippen molar-refractivity contribution in [3.63, 3.8) is 0 Å². The summed E-state index contributed by atoms with van der Waals surface area (Å²) in [5, 5.41) is 11.1. The summed E-state index contributed by atoms with van der Waals surface area (Å²) < 4.78 is 37.0. The topological polar surface area (TPSA) is 69.6 Å². The van der Waals surface area contributed by atoms with Crippen LogP contribution in [0.4, 0.5) is 18.0 Å². The molecule has 0 fully saturated rings. The summed E-state index contributed by atoms with van der Waals surface area (Å²) in [4.78, 5) is 23.3. The minimum Gasteiger partial charge on any atom is -0.480 e. The van der Waals surface area contributed by atoms with Gasteiger partial charge in [0, 0.05) is 6.54 Å². The zero-order valence-electron chi connectivity index (χ0n) is 11.4. The second-order valence-corrected chi connectivity index (χ2v) is 5.14. The van der Waals surface area contributed by atoms with Gasteiger partial charge in [-0.3, -0.25) is 0 Å². The van der Waals surface area contributed by atoms with Crippen molar-refractivity contribution in [2.45, 2.75) is 32.0 Å². The van der Waals surface area contributed by atoms with E-state index in [-0.39, 0.29) is 13.0 Å². The second kappa shape index (κ2) is 8.93. The Labute approximate surface area is 119 Å². The molecule has 0 aromatic heterocycles. The summed E-state index contributed by atoms with van der Waals surface area (Å²) in [6.45, 7) is 0.167. The fraction of sp³-hybridized carbons (Fsp3) is 0.818. The Morgan fingerprint density at radius 1 is 1.40 bits per heavy atom. The zero-order valence-corrected chi connectivity index (χ0v) is 12.2. The monoisotopic (exact) mass is 316 g/mol. The zero-order chi connectivity index (χ0) is 15.8. The molecule has 0 rings (SSSR count). The average molecular weight is 316 g/mol. The number of carbonyl (C=O) groups excluding carboxylic acids is 1. The molecule has 0 aliphatic rings. The number of nitrogens with zero attached hydrogens (tertiary/aromatic N) is 1. The van der Waals surface area contributed by atoms with Crippen LogP contribution < -0.4 is 5.32 Å². The highest BCUT2D eigenvalue weighted by Crippen LogP contribution is 2.17. The number of urea groups is 1. The number of hydrogen-bond acceptors (Lipinski definition) is 3. The number of halogens is 3. The van der Waals surface area contributed by atoms with Crippen LogP contribution in [-0.4, -0.2) is 59.3 Å². The lowest BCUT2D eigenvalue weighted by Crippen LogP contribution is -2.50. The van der Waals surface area contributed by atoms with Crippen LogP contribution in [0.1, 0.15) is 19.8 Å². The van der Waals surface area contributed by atoms with E-state index < -0.39 is 30.8 Å². The smallest absolute Gasteiger partial charge is 0.406 e. The van der Waals surface area contributed by atoms with Gasteiger partial charge in [-0.25, -0.2) is 9.59 Å². The molecule has 20 heavy (non-hydrogen) atoms. The maximum Gasteiger partial charge on any atom is 0.406 e. The number of nitrogens with one attached hydrogen (secondary N) is 1. The van der Waals surface area contributed by atoms with E-state index in [1.54, 1.807) is 13.2 Å². The number of amides is 2. The first-order chi connectivity index (χ1) is 9.21. The molecule has 0 aromatic carbocycles. The number of aliphatic carboxylic acids is 1. The lowest BCUT2D eigenvalue weighted by atomic mass is 10.2. The van der Waals surface area contributed by atoms with Gasteiger partial charge in [0.15, 0.2) is 0 Å². The quantitative estimate of drug-likeness (QED) is 0.720. The van der Waals surface area contributed by atoms with E-state index in [1.807, 2.05) is 0 Å². The Kier molecular flexibility index (Phi) is 8.43. The summed E-state index contributed by atoms with van der Waals surface area (Å²) in [5.41, 5.74) is 0. The van der Waals surface area contributed by atoms with Crippen LogP contribution in [0.3, 0.4) is 0 Å². The SMILES string of the molecule is CCCN(CC(F)(F)F)C(=O)NC(CCSC)C(=O)O. The van der Waals surface area contributed by atoms with Crippen LogP contribution in [0.5, 0.6) is 0 Å². The van der Waals surface area contributed by atoms with Gasteiger partial charge >= 0.3 is 18.2 Å². The third-order valence-electron chi connectivity index (χ3n) is 2.36. The largest absolute Gasteiger partial charge is 0.480 e. The Hall–Kier alpha value is -1.12. The van der Waals surface area contributed by atoms with Gasteiger partial charge in [0.25, 0.3) is 0 Å². The summed E-state index contributed by atoms with van der Waals surface area (Å²) in [7, 11) is 0. The van der Waals surface area contributed by atoms with Gasteiger partial charge in [0.2, 0.25) is 0 Å².